The lowest BCUT2D eigenvalue weighted by molar-refractivity contribution is 0.176. The van der Waals surface area contributed by atoms with Gasteiger partial charge in [0, 0.05) is 33.7 Å². The van der Waals surface area contributed by atoms with Crippen molar-refractivity contribution in [1.29, 1.82) is 0 Å². The molecular formula is C17H28N4. The molecule has 1 atom stereocenters. The molecule has 0 spiro atoms. The highest BCUT2D eigenvalue weighted by Gasteiger charge is 2.17. The number of hydrogen-bond acceptors (Lipinski definition) is 2. The van der Waals surface area contributed by atoms with Crippen LogP contribution < -0.4 is 10.6 Å². The first kappa shape index (κ1) is 15.8. The summed E-state index contributed by atoms with van der Waals surface area (Å²) < 4.78 is 0. The zero-order chi connectivity index (χ0) is 15.1. The lowest BCUT2D eigenvalue weighted by atomic mass is 9.99. The Morgan fingerprint density at radius 1 is 1.33 bits per heavy atom. The fourth-order valence-corrected chi connectivity index (χ4v) is 3.01. The molecule has 1 unspecified atom stereocenters. The van der Waals surface area contributed by atoms with Gasteiger partial charge in [-0.25, -0.2) is 0 Å². The highest BCUT2D eigenvalue weighted by atomic mass is 15.2. The highest BCUT2D eigenvalue weighted by molar-refractivity contribution is 5.79. The van der Waals surface area contributed by atoms with Crippen molar-refractivity contribution in [2.45, 2.75) is 32.9 Å². The first-order valence-electron chi connectivity index (χ1n) is 7.90. The monoisotopic (exact) mass is 288 g/mol. The van der Waals surface area contributed by atoms with Crippen LogP contribution in [0, 0.1) is 5.92 Å². The minimum Gasteiger partial charge on any atom is -0.359 e. The molecular weight excluding hydrogens is 260 g/mol. The van der Waals surface area contributed by atoms with Crippen LogP contribution in [-0.2, 0) is 13.1 Å². The van der Waals surface area contributed by atoms with E-state index < -0.39 is 0 Å². The Hall–Kier alpha value is -1.55. The predicted octanol–water partition coefficient (Wildman–Crippen LogP) is 2.21. The van der Waals surface area contributed by atoms with E-state index in [0.717, 1.165) is 25.0 Å². The van der Waals surface area contributed by atoms with Gasteiger partial charge in [-0.15, -0.1) is 0 Å². The minimum atomic E-state index is 0.813. The van der Waals surface area contributed by atoms with Crippen LogP contribution in [0.3, 0.4) is 0 Å². The molecule has 0 amide bonds. The first-order chi connectivity index (χ1) is 10.2. The number of guanidine groups is 1. The van der Waals surface area contributed by atoms with Crippen LogP contribution in [0.4, 0.5) is 0 Å². The van der Waals surface area contributed by atoms with Crippen molar-refractivity contribution in [3.05, 3.63) is 35.4 Å². The van der Waals surface area contributed by atoms with Gasteiger partial charge < -0.3 is 10.6 Å². The highest BCUT2D eigenvalue weighted by Crippen LogP contribution is 2.19. The molecule has 0 aliphatic carbocycles. The lowest BCUT2D eigenvalue weighted by Gasteiger charge is -2.31. The van der Waals surface area contributed by atoms with E-state index in [1.807, 2.05) is 7.05 Å². The molecule has 1 aromatic rings. The van der Waals surface area contributed by atoms with Crippen LogP contribution in [0.5, 0.6) is 0 Å². The molecule has 2 N–H and O–H groups in total. The Bertz CT molecular complexity index is 470. The molecule has 0 aromatic heterocycles. The van der Waals surface area contributed by atoms with Gasteiger partial charge in [-0.1, -0.05) is 31.2 Å². The van der Waals surface area contributed by atoms with E-state index in [2.05, 4.69) is 51.7 Å². The quantitative estimate of drug-likeness (QED) is 0.659. The van der Waals surface area contributed by atoms with Crippen LogP contribution >= 0.6 is 0 Å². The topological polar surface area (TPSA) is 39.7 Å². The molecule has 2 rings (SSSR count). The summed E-state index contributed by atoms with van der Waals surface area (Å²) in [6, 6.07) is 8.71. The van der Waals surface area contributed by atoms with E-state index in [0.29, 0.717) is 0 Å². The SMILES string of the molecule is CN=C(NC)NCc1ccccc1CN1CCCC(C)C1. The fourth-order valence-electron chi connectivity index (χ4n) is 3.01. The zero-order valence-corrected chi connectivity index (χ0v) is 13.5. The largest absolute Gasteiger partial charge is 0.359 e. The van der Waals surface area contributed by atoms with E-state index in [4.69, 9.17) is 0 Å². The van der Waals surface area contributed by atoms with Gasteiger partial charge in [0.15, 0.2) is 5.96 Å². The summed E-state index contributed by atoms with van der Waals surface area (Å²) in [5.74, 6) is 1.66. The normalized spacial score (nSPS) is 20.3. The van der Waals surface area contributed by atoms with E-state index >= 15 is 0 Å². The second-order valence-electron chi connectivity index (χ2n) is 5.93. The molecule has 0 radical (unpaired) electrons. The molecule has 0 bridgehead atoms. The third kappa shape index (κ3) is 4.74. The summed E-state index contributed by atoms with van der Waals surface area (Å²) >= 11 is 0. The van der Waals surface area contributed by atoms with E-state index in [1.165, 1.54) is 37.1 Å². The minimum absolute atomic E-state index is 0.813. The molecule has 4 heteroatoms. The van der Waals surface area contributed by atoms with Gasteiger partial charge in [-0.2, -0.15) is 0 Å². The number of nitrogens with zero attached hydrogens (tertiary/aromatic N) is 2. The summed E-state index contributed by atoms with van der Waals surface area (Å²) in [6.45, 7) is 6.67. The predicted molar refractivity (Wildman–Crippen MR) is 89.4 cm³/mol. The molecule has 1 saturated heterocycles. The number of hydrogen-bond donors (Lipinski definition) is 2. The Balaban J connectivity index is 1.99. The number of rotatable bonds is 4. The number of nitrogens with one attached hydrogen (secondary N) is 2. The van der Waals surface area contributed by atoms with Crippen LogP contribution in [0.25, 0.3) is 0 Å². The Morgan fingerprint density at radius 2 is 2.10 bits per heavy atom. The zero-order valence-electron chi connectivity index (χ0n) is 13.5. The number of likely N-dealkylation sites (tertiary alicyclic amines) is 1. The van der Waals surface area contributed by atoms with Gasteiger partial charge in [0.25, 0.3) is 0 Å². The molecule has 116 valence electrons. The second-order valence-corrected chi connectivity index (χ2v) is 5.93. The Morgan fingerprint density at radius 3 is 2.76 bits per heavy atom. The fraction of sp³-hybridized carbons (Fsp3) is 0.588. The Kier molecular flexibility index (Phi) is 6.05. The molecule has 0 saturated carbocycles. The van der Waals surface area contributed by atoms with Gasteiger partial charge in [0.05, 0.1) is 0 Å². The van der Waals surface area contributed by atoms with Crippen molar-refractivity contribution in [3.8, 4) is 0 Å². The van der Waals surface area contributed by atoms with Gasteiger partial charge in [0.2, 0.25) is 0 Å². The van der Waals surface area contributed by atoms with Crippen molar-refractivity contribution in [3.63, 3.8) is 0 Å². The van der Waals surface area contributed by atoms with E-state index in [-0.39, 0.29) is 0 Å². The van der Waals surface area contributed by atoms with Crippen molar-refractivity contribution < 1.29 is 0 Å². The van der Waals surface area contributed by atoms with Crippen LogP contribution in [0.15, 0.2) is 29.3 Å². The third-order valence-corrected chi connectivity index (χ3v) is 4.16. The maximum absolute atomic E-state index is 4.16. The maximum Gasteiger partial charge on any atom is 0.190 e. The average Bonchev–Trinajstić information content (AvgIpc) is 2.50. The maximum atomic E-state index is 4.16. The van der Waals surface area contributed by atoms with Gasteiger partial charge in [0.1, 0.15) is 0 Å². The number of aliphatic imine (C=N–C) groups is 1. The summed E-state index contributed by atoms with van der Waals surface area (Å²) in [5, 5.41) is 6.40. The average molecular weight is 288 g/mol. The molecule has 1 aromatic carbocycles. The van der Waals surface area contributed by atoms with Crippen LogP contribution in [0.1, 0.15) is 30.9 Å². The second kappa shape index (κ2) is 8.03. The summed E-state index contributed by atoms with van der Waals surface area (Å²) in [4.78, 5) is 6.74. The molecule has 21 heavy (non-hydrogen) atoms. The molecule has 4 nitrogen and oxygen atoms in total. The molecule has 1 fully saturated rings. The number of benzene rings is 1. The van der Waals surface area contributed by atoms with Gasteiger partial charge in [-0.05, 0) is 36.4 Å². The summed E-state index contributed by atoms with van der Waals surface area (Å²) in [5.41, 5.74) is 2.78. The number of piperidine rings is 1. The molecule has 1 aliphatic rings. The van der Waals surface area contributed by atoms with Gasteiger partial charge >= 0.3 is 0 Å². The molecule has 1 heterocycles. The van der Waals surface area contributed by atoms with Crippen molar-refractivity contribution in [2.75, 3.05) is 27.2 Å². The van der Waals surface area contributed by atoms with Crippen molar-refractivity contribution in [2.24, 2.45) is 10.9 Å². The lowest BCUT2D eigenvalue weighted by Crippen LogP contribution is -2.35. The molecule has 1 aliphatic heterocycles. The summed E-state index contributed by atoms with van der Waals surface area (Å²) in [7, 11) is 3.68. The van der Waals surface area contributed by atoms with Gasteiger partial charge in [-0.3, -0.25) is 9.89 Å². The van der Waals surface area contributed by atoms with Crippen LogP contribution in [-0.4, -0.2) is 38.0 Å². The van der Waals surface area contributed by atoms with E-state index in [9.17, 15) is 0 Å². The van der Waals surface area contributed by atoms with Crippen LogP contribution in [0.2, 0.25) is 0 Å². The van der Waals surface area contributed by atoms with Crippen molar-refractivity contribution in [1.82, 2.24) is 15.5 Å². The third-order valence-electron chi connectivity index (χ3n) is 4.16. The smallest absolute Gasteiger partial charge is 0.190 e. The summed E-state index contributed by atoms with van der Waals surface area (Å²) in [6.07, 6.45) is 2.70. The Labute approximate surface area is 128 Å². The standard InChI is InChI=1S/C17H28N4/c1-14-7-6-10-21(12-14)13-16-9-5-4-8-15(16)11-20-17(18-2)19-3/h4-5,8-9,14H,6-7,10-13H2,1-3H3,(H2,18,19,20). The first-order valence-corrected chi connectivity index (χ1v) is 7.90. The van der Waals surface area contributed by atoms with E-state index in [1.54, 1.807) is 7.05 Å². The van der Waals surface area contributed by atoms with Crippen molar-refractivity contribution >= 4 is 5.96 Å².